The van der Waals surface area contributed by atoms with Gasteiger partial charge in [0.2, 0.25) is 5.76 Å². The number of aromatic nitrogens is 1. The summed E-state index contributed by atoms with van der Waals surface area (Å²) in [6, 6.07) is 7.46. The number of nitrogens with one attached hydrogen (secondary N) is 2. The lowest BCUT2D eigenvalue weighted by Crippen LogP contribution is -2.48. The van der Waals surface area contributed by atoms with Gasteiger partial charge in [0.15, 0.2) is 0 Å². The standard InChI is InChI=1S/C18H21N3O6/c1-4-16(22)27-21-17(23)14(10-12-5-7-13(25-3)8-6-12)19-18(24)15-9-11(2)20-26-15/h5-9,14H,4,10H2,1-3H3,(H,19,24)(H,21,23)/t14-/m0/s1. The normalized spacial score (nSPS) is 11.4. The lowest BCUT2D eigenvalue weighted by molar-refractivity contribution is -0.158. The van der Waals surface area contributed by atoms with E-state index in [1.165, 1.54) is 6.07 Å². The molecule has 0 aliphatic rings. The lowest BCUT2D eigenvalue weighted by atomic mass is 10.0. The highest BCUT2D eigenvalue weighted by Crippen LogP contribution is 2.13. The average molecular weight is 375 g/mol. The van der Waals surface area contributed by atoms with Crippen LogP contribution < -0.4 is 15.5 Å². The van der Waals surface area contributed by atoms with E-state index < -0.39 is 23.8 Å². The molecule has 1 atom stereocenters. The molecule has 2 amide bonds. The molecule has 0 bridgehead atoms. The first kappa shape index (κ1) is 20.0. The van der Waals surface area contributed by atoms with E-state index in [1.54, 1.807) is 45.2 Å². The molecule has 0 aliphatic heterocycles. The molecule has 0 aliphatic carbocycles. The van der Waals surface area contributed by atoms with E-state index >= 15 is 0 Å². The number of methoxy groups -OCH3 is 1. The van der Waals surface area contributed by atoms with Gasteiger partial charge in [-0.25, -0.2) is 4.79 Å². The van der Waals surface area contributed by atoms with Crippen molar-refractivity contribution in [1.29, 1.82) is 0 Å². The minimum atomic E-state index is -0.999. The predicted molar refractivity (Wildman–Crippen MR) is 93.7 cm³/mol. The first-order chi connectivity index (χ1) is 12.9. The van der Waals surface area contributed by atoms with Crippen molar-refractivity contribution in [3.05, 3.63) is 47.3 Å². The van der Waals surface area contributed by atoms with Gasteiger partial charge in [0, 0.05) is 18.9 Å². The fourth-order valence-electron chi connectivity index (χ4n) is 2.16. The van der Waals surface area contributed by atoms with Crippen molar-refractivity contribution < 1.29 is 28.5 Å². The third-order valence-corrected chi connectivity index (χ3v) is 3.63. The molecular weight excluding hydrogens is 354 g/mol. The van der Waals surface area contributed by atoms with E-state index in [2.05, 4.69) is 20.8 Å². The number of hydrogen-bond donors (Lipinski definition) is 2. The molecule has 9 nitrogen and oxygen atoms in total. The quantitative estimate of drug-likeness (QED) is 0.700. The van der Waals surface area contributed by atoms with Crippen LogP contribution in [0, 0.1) is 6.92 Å². The van der Waals surface area contributed by atoms with Gasteiger partial charge in [-0.3, -0.25) is 9.59 Å². The van der Waals surface area contributed by atoms with Crippen molar-refractivity contribution in [1.82, 2.24) is 16.0 Å². The fourth-order valence-corrected chi connectivity index (χ4v) is 2.16. The van der Waals surface area contributed by atoms with E-state index in [0.29, 0.717) is 11.4 Å². The van der Waals surface area contributed by atoms with Gasteiger partial charge in [-0.1, -0.05) is 24.2 Å². The van der Waals surface area contributed by atoms with Gasteiger partial charge in [0.1, 0.15) is 11.8 Å². The maximum atomic E-state index is 12.4. The van der Waals surface area contributed by atoms with Crippen molar-refractivity contribution in [3.8, 4) is 5.75 Å². The Morgan fingerprint density at radius 2 is 1.93 bits per heavy atom. The summed E-state index contributed by atoms with van der Waals surface area (Å²) >= 11 is 0. The molecule has 9 heteroatoms. The lowest BCUT2D eigenvalue weighted by Gasteiger charge is -2.17. The molecule has 27 heavy (non-hydrogen) atoms. The van der Waals surface area contributed by atoms with Crippen molar-refractivity contribution in [2.75, 3.05) is 7.11 Å². The molecule has 0 spiro atoms. The number of aryl methyl sites for hydroxylation is 1. The Morgan fingerprint density at radius 3 is 2.48 bits per heavy atom. The maximum Gasteiger partial charge on any atom is 0.331 e. The van der Waals surface area contributed by atoms with Gasteiger partial charge >= 0.3 is 5.97 Å². The Balaban J connectivity index is 2.11. The molecule has 0 radical (unpaired) electrons. The molecule has 0 saturated carbocycles. The average Bonchev–Trinajstić information content (AvgIpc) is 3.12. The summed E-state index contributed by atoms with van der Waals surface area (Å²) in [5, 5.41) is 6.20. The van der Waals surface area contributed by atoms with Crippen molar-refractivity contribution in [2.45, 2.75) is 32.7 Å². The zero-order valence-electron chi connectivity index (χ0n) is 15.3. The number of benzene rings is 1. The van der Waals surface area contributed by atoms with Crippen LogP contribution in [-0.2, 0) is 20.8 Å². The van der Waals surface area contributed by atoms with Gasteiger partial charge in [-0.05, 0) is 24.6 Å². The summed E-state index contributed by atoms with van der Waals surface area (Å²) in [5.74, 6) is -1.23. The smallest absolute Gasteiger partial charge is 0.331 e. The molecular formula is C18H21N3O6. The summed E-state index contributed by atoms with van der Waals surface area (Å²) in [4.78, 5) is 40.6. The molecule has 0 fully saturated rings. The van der Waals surface area contributed by atoms with Gasteiger partial charge in [0.25, 0.3) is 11.8 Å². The summed E-state index contributed by atoms with van der Waals surface area (Å²) in [5.41, 5.74) is 3.37. The van der Waals surface area contributed by atoms with Crippen LogP contribution in [0.4, 0.5) is 0 Å². The van der Waals surface area contributed by atoms with Crippen LogP contribution in [0.5, 0.6) is 5.75 Å². The Labute approximate surface area is 156 Å². The summed E-state index contributed by atoms with van der Waals surface area (Å²) in [7, 11) is 1.55. The second-order valence-corrected chi connectivity index (χ2v) is 5.70. The zero-order valence-corrected chi connectivity index (χ0v) is 15.3. The number of amides is 2. The predicted octanol–water partition coefficient (Wildman–Crippen LogP) is 1.32. The topological polar surface area (TPSA) is 120 Å². The number of carbonyl (C=O) groups excluding carboxylic acids is 3. The van der Waals surface area contributed by atoms with Gasteiger partial charge < -0.3 is 19.4 Å². The largest absolute Gasteiger partial charge is 0.497 e. The van der Waals surface area contributed by atoms with Crippen LogP contribution in [0.15, 0.2) is 34.9 Å². The minimum absolute atomic E-state index is 0.0226. The maximum absolute atomic E-state index is 12.4. The number of hydrogen-bond acceptors (Lipinski definition) is 7. The van der Waals surface area contributed by atoms with Crippen molar-refractivity contribution in [2.24, 2.45) is 0 Å². The van der Waals surface area contributed by atoms with Crippen LogP contribution in [-0.4, -0.2) is 36.1 Å². The van der Waals surface area contributed by atoms with E-state index in [0.717, 1.165) is 5.56 Å². The molecule has 0 saturated heterocycles. The Bertz CT molecular complexity index is 800. The number of nitrogens with zero attached hydrogens (tertiary/aromatic N) is 1. The van der Waals surface area contributed by atoms with E-state index in [-0.39, 0.29) is 18.6 Å². The van der Waals surface area contributed by atoms with Crippen molar-refractivity contribution in [3.63, 3.8) is 0 Å². The second kappa shape index (κ2) is 9.37. The number of ether oxygens (including phenoxy) is 1. The number of rotatable bonds is 7. The van der Waals surface area contributed by atoms with Crippen LogP contribution in [0.3, 0.4) is 0 Å². The van der Waals surface area contributed by atoms with E-state index in [4.69, 9.17) is 9.26 Å². The minimum Gasteiger partial charge on any atom is -0.497 e. The molecule has 144 valence electrons. The molecule has 2 N–H and O–H groups in total. The van der Waals surface area contributed by atoms with Crippen LogP contribution in [0.1, 0.15) is 35.2 Å². The van der Waals surface area contributed by atoms with Crippen molar-refractivity contribution >= 4 is 17.8 Å². The monoisotopic (exact) mass is 375 g/mol. The zero-order chi connectivity index (χ0) is 19.8. The third kappa shape index (κ3) is 5.84. The molecule has 1 heterocycles. The highest BCUT2D eigenvalue weighted by atomic mass is 16.7. The first-order valence-corrected chi connectivity index (χ1v) is 8.29. The highest BCUT2D eigenvalue weighted by Gasteiger charge is 2.24. The van der Waals surface area contributed by atoms with Crippen LogP contribution >= 0.6 is 0 Å². The Kier molecular flexibility index (Phi) is 6.93. The van der Waals surface area contributed by atoms with Crippen LogP contribution in [0.2, 0.25) is 0 Å². The SMILES string of the molecule is CCC(=O)ONC(=O)[C@H](Cc1ccc(OC)cc1)NC(=O)c1cc(C)no1. The number of hydroxylamine groups is 1. The van der Waals surface area contributed by atoms with Gasteiger partial charge in [-0.2, -0.15) is 5.48 Å². The molecule has 1 aromatic carbocycles. The summed E-state index contributed by atoms with van der Waals surface area (Å²) < 4.78 is 10.0. The van der Waals surface area contributed by atoms with Crippen LogP contribution in [0.25, 0.3) is 0 Å². The highest BCUT2D eigenvalue weighted by molar-refractivity contribution is 5.95. The Morgan fingerprint density at radius 1 is 1.22 bits per heavy atom. The molecule has 2 aromatic rings. The number of carbonyl (C=O) groups is 3. The summed E-state index contributed by atoms with van der Waals surface area (Å²) in [6.07, 6.45) is 0.269. The fraction of sp³-hybridized carbons (Fsp3) is 0.333. The van der Waals surface area contributed by atoms with Gasteiger partial charge in [0.05, 0.1) is 12.8 Å². The van der Waals surface area contributed by atoms with Gasteiger partial charge in [-0.15, -0.1) is 0 Å². The Hall–Kier alpha value is -3.36. The molecule has 1 aromatic heterocycles. The van der Waals surface area contributed by atoms with E-state index in [1.807, 2.05) is 0 Å². The second-order valence-electron chi connectivity index (χ2n) is 5.70. The molecule has 0 unspecified atom stereocenters. The third-order valence-electron chi connectivity index (χ3n) is 3.63. The summed E-state index contributed by atoms with van der Waals surface area (Å²) in [6.45, 7) is 3.27. The first-order valence-electron chi connectivity index (χ1n) is 8.29. The molecule has 2 rings (SSSR count). The van der Waals surface area contributed by atoms with E-state index in [9.17, 15) is 14.4 Å².